The third kappa shape index (κ3) is 2.65. The van der Waals surface area contributed by atoms with E-state index in [9.17, 15) is 4.79 Å². The molecule has 0 aliphatic carbocycles. The summed E-state index contributed by atoms with van der Waals surface area (Å²) >= 11 is 0. The van der Waals surface area contributed by atoms with Gasteiger partial charge in [0.1, 0.15) is 0 Å². The summed E-state index contributed by atoms with van der Waals surface area (Å²) < 4.78 is 7.23. The Balaban J connectivity index is 1.67. The van der Waals surface area contributed by atoms with Crippen LogP contribution >= 0.6 is 0 Å². The number of imidazole rings is 1. The van der Waals surface area contributed by atoms with E-state index in [1.807, 2.05) is 18.1 Å². The molecule has 1 atom stereocenters. The number of ether oxygens (including phenoxy) is 1. The fourth-order valence-corrected chi connectivity index (χ4v) is 4.17. The Labute approximate surface area is 132 Å². The van der Waals surface area contributed by atoms with Gasteiger partial charge >= 0.3 is 0 Å². The van der Waals surface area contributed by atoms with Gasteiger partial charge in [-0.15, -0.1) is 0 Å². The molecule has 0 N–H and O–H groups in total. The third-order valence-electron chi connectivity index (χ3n) is 5.41. The highest BCUT2D eigenvalue weighted by molar-refractivity contribution is 5.90. The van der Waals surface area contributed by atoms with Crippen LogP contribution in [0.1, 0.15) is 23.5 Å². The van der Waals surface area contributed by atoms with E-state index in [0.29, 0.717) is 17.2 Å². The summed E-state index contributed by atoms with van der Waals surface area (Å²) in [7, 11) is 5.83. The van der Waals surface area contributed by atoms with Gasteiger partial charge in [0, 0.05) is 58.6 Å². The Bertz CT molecular complexity index is 534. The van der Waals surface area contributed by atoms with E-state index in [-0.39, 0.29) is 5.91 Å². The first-order valence-electron chi connectivity index (χ1n) is 8.00. The fourth-order valence-electron chi connectivity index (χ4n) is 4.17. The molecule has 0 aromatic carbocycles. The summed E-state index contributed by atoms with van der Waals surface area (Å²) in [5.74, 6) is 1.16. The van der Waals surface area contributed by atoms with Gasteiger partial charge < -0.3 is 19.1 Å². The van der Waals surface area contributed by atoms with Crippen LogP contribution < -0.4 is 0 Å². The van der Waals surface area contributed by atoms with Gasteiger partial charge in [0.2, 0.25) is 0 Å². The van der Waals surface area contributed by atoms with Crippen molar-refractivity contribution in [2.75, 3.05) is 46.9 Å². The van der Waals surface area contributed by atoms with Crippen LogP contribution in [0.2, 0.25) is 0 Å². The monoisotopic (exact) mass is 306 g/mol. The molecule has 6 heteroatoms. The van der Waals surface area contributed by atoms with E-state index in [4.69, 9.17) is 4.74 Å². The third-order valence-corrected chi connectivity index (χ3v) is 5.41. The molecular formula is C16H26N4O2. The van der Waals surface area contributed by atoms with Gasteiger partial charge in [-0.05, 0) is 25.3 Å². The largest absolute Gasteiger partial charge is 0.384 e. The minimum atomic E-state index is 0.0528. The zero-order valence-electron chi connectivity index (χ0n) is 13.8. The highest BCUT2D eigenvalue weighted by Gasteiger charge is 2.47. The van der Waals surface area contributed by atoms with Crippen molar-refractivity contribution in [1.29, 1.82) is 0 Å². The number of rotatable bonds is 3. The summed E-state index contributed by atoms with van der Waals surface area (Å²) in [5.41, 5.74) is 0.309. The molecule has 3 rings (SSSR count). The number of nitrogens with zero attached hydrogens (tertiary/aromatic N) is 4. The number of carbonyl (C=O) groups is 1. The van der Waals surface area contributed by atoms with Crippen LogP contribution in [0, 0.1) is 11.3 Å². The fraction of sp³-hybridized carbons (Fsp3) is 0.750. The Hall–Kier alpha value is -1.40. The predicted molar refractivity (Wildman–Crippen MR) is 83.6 cm³/mol. The second kappa shape index (κ2) is 6.01. The molecule has 1 amide bonds. The number of hydrogen-bond acceptors (Lipinski definition) is 4. The Morgan fingerprint density at radius 1 is 1.41 bits per heavy atom. The Morgan fingerprint density at radius 2 is 2.14 bits per heavy atom. The van der Waals surface area contributed by atoms with Gasteiger partial charge in [-0.1, -0.05) is 0 Å². The maximum atomic E-state index is 12.6. The molecule has 0 saturated carbocycles. The maximum absolute atomic E-state index is 12.6. The van der Waals surface area contributed by atoms with E-state index < -0.39 is 0 Å². The minimum absolute atomic E-state index is 0.0528. The number of aromatic nitrogens is 2. The van der Waals surface area contributed by atoms with Gasteiger partial charge in [0.15, 0.2) is 5.82 Å². The van der Waals surface area contributed by atoms with Crippen molar-refractivity contribution in [1.82, 2.24) is 19.4 Å². The Morgan fingerprint density at radius 3 is 2.73 bits per heavy atom. The van der Waals surface area contributed by atoms with Gasteiger partial charge in [-0.2, -0.15) is 0 Å². The first-order valence-corrected chi connectivity index (χ1v) is 8.00. The van der Waals surface area contributed by atoms with Crippen molar-refractivity contribution in [3.63, 3.8) is 0 Å². The molecule has 0 bridgehead atoms. The summed E-state index contributed by atoms with van der Waals surface area (Å²) in [6.45, 7) is 4.67. The first-order chi connectivity index (χ1) is 10.6. The highest BCUT2D eigenvalue weighted by atomic mass is 16.5. The highest BCUT2D eigenvalue weighted by Crippen LogP contribution is 2.44. The summed E-state index contributed by atoms with van der Waals surface area (Å²) in [4.78, 5) is 21.1. The second-order valence-electron chi connectivity index (χ2n) is 6.87. The lowest BCUT2D eigenvalue weighted by atomic mass is 9.71. The predicted octanol–water partition coefficient (Wildman–Crippen LogP) is 0.850. The van der Waals surface area contributed by atoms with E-state index >= 15 is 0 Å². The maximum Gasteiger partial charge on any atom is 0.289 e. The van der Waals surface area contributed by atoms with Crippen LogP contribution in [0.15, 0.2) is 12.4 Å². The zero-order valence-corrected chi connectivity index (χ0v) is 13.8. The SMILES string of the molecule is COCC1CN(C)CC12CCN(C(=O)c1nccn1C)CC2. The van der Waals surface area contributed by atoms with Crippen LogP contribution in [0.3, 0.4) is 0 Å². The van der Waals surface area contributed by atoms with Gasteiger partial charge in [-0.3, -0.25) is 4.79 Å². The number of aryl methyl sites for hydroxylation is 1. The number of piperidine rings is 1. The molecule has 1 aromatic heterocycles. The van der Waals surface area contributed by atoms with Gasteiger partial charge in [0.05, 0.1) is 6.61 Å². The van der Waals surface area contributed by atoms with Crippen LogP contribution in [0.4, 0.5) is 0 Å². The number of hydrogen-bond donors (Lipinski definition) is 0. The van der Waals surface area contributed by atoms with Crippen molar-refractivity contribution >= 4 is 5.91 Å². The molecule has 1 aromatic rings. The number of likely N-dealkylation sites (tertiary alicyclic amines) is 2. The molecule has 2 fully saturated rings. The molecular weight excluding hydrogens is 280 g/mol. The molecule has 2 aliphatic rings. The topological polar surface area (TPSA) is 50.6 Å². The van der Waals surface area contributed by atoms with Crippen molar-refractivity contribution < 1.29 is 9.53 Å². The average Bonchev–Trinajstić information content (AvgIpc) is 3.04. The Kier molecular flexibility index (Phi) is 4.23. The molecule has 1 spiro atoms. The lowest BCUT2D eigenvalue weighted by Crippen LogP contribution is -2.47. The van der Waals surface area contributed by atoms with Crippen LogP contribution in [0.25, 0.3) is 0 Å². The molecule has 2 aliphatic heterocycles. The number of methoxy groups -OCH3 is 1. The smallest absolute Gasteiger partial charge is 0.289 e. The van der Waals surface area contributed by atoms with E-state index in [1.165, 1.54) is 0 Å². The van der Waals surface area contributed by atoms with Crippen molar-refractivity contribution in [2.24, 2.45) is 18.4 Å². The molecule has 6 nitrogen and oxygen atoms in total. The molecule has 2 saturated heterocycles. The molecule has 3 heterocycles. The van der Waals surface area contributed by atoms with Gasteiger partial charge in [0.25, 0.3) is 5.91 Å². The van der Waals surface area contributed by atoms with Gasteiger partial charge in [-0.25, -0.2) is 4.98 Å². The van der Waals surface area contributed by atoms with Crippen LogP contribution in [-0.2, 0) is 11.8 Å². The van der Waals surface area contributed by atoms with E-state index in [2.05, 4.69) is 16.9 Å². The standard InChI is InChI=1S/C16H26N4O2/c1-18-10-13(11-22-3)16(12-18)4-7-20(8-5-16)15(21)14-17-6-9-19(14)2/h6,9,13H,4-5,7-8,10-12H2,1-3H3. The molecule has 22 heavy (non-hydrogen) atoms. The quantitative estimate of drug-likeness (QED) is 0.831. The zero-order chi connectivity index (χ0) is 15.7. The van der Waals surface area contributed by atoms with Crippen molar-refractivity contribution in [3.05, 3.63) is 18.2 Å². The van der Waals surface area contributed by atoms with Crippen molar-refractivity contribution in [3.8, 4) is 0 Å². The van der Waals surface area contributed by atoms with Crippen LogP contribution in [0.5, 0.6) is 0 Å². The molecule has 122 valence electrons. The minimum Gasteiger partial charge on any atom is -0.384 e. The number of amides is 1. The lowest BCUT2D eigenvalue weighted by Gasteiger charge is -2.42. The normalized spacial score (nSPS) is 25.0. The van der Waals surface area contributed by atoms with Crippen molar-refractivity contribution in [2.45, 2.75) is 12.8 Å². The first kappa shape index (κ1) is 15.5. The number of carbonyl (C=O) groups excluding carboxylic acids is 1. The second-order valence-corrected chi connectivity index (χ2v) is 6.87. The summed E-state index contributed by atoms with van der Waals surface area (Å²) in [6, 6.07) is 0. The van der Waals surface area contributed by atoms with E-state index in [1.54, 1.807) is 17.9 Å². The molecule has 0 radical (unpaired) electrons. The van der Waals surface area contributed by atoms with Crippen LogP contribution in [-0.4, -0.2) is 72.2 Å². The van der Waals surface area contributed by atoms with E-state index in [0.717, 1.165) is 45.6 Å². The summed E-state index contributed by atoms with van der Waals surface area (Å²) in [5, 5.41) is 0. The average molecular weight is 306 g/mol. The molecule has 1 unspecified atom stereocenters. The summed E-state index contributed by atoms with van der Waals surface area (Å²) in [6.07, 6.45) is 5.61. The lowest BCUT2D eigenvalue weighted by molar-refractivity contribution is 0.0317.